The summed E-state index contributed by atoms with van der Waals surface area (Å²) in [5.74, 6) is -1.80. The third kappa shape index (κ3) is 7.44. The van der Waals surface area contributed by atoms with Gasteiger partial charge in [0, 0.05) is 12.8 Å². The van der Waals surface area contributed by atoms with Crippen LogP contribution in [0.5, 0.6) is 5.75 Å². The van der Waals surface area contributed by atoms with Gasteiger partial charge in [0.2, 0.25) is 5.60 Å². The summed E-state index contributed by atoms with van der Waals surface area (Å²) in [5, 5.41) is 17.5. The molecule has 2 fully saturated rings. The van der Waals surface area contributed by atoms with Crippen molar-refractivity contribution in [2.24, 2.45) is 0 Å². The van der Waals surface area contributed by atoms with Gasteiger partial charge in [-0.3, -0.25) is 18.9 Å². The molecule has 1 aliphatic heterocycles. The van der Waals surface area contributed by atoms with E-state index in [4.69, 9.17) is 33.7 Å². The third-order valence-electron chi connectivity index (χ3n) is 7.95. The second-order valence-electron chi connectivity index (χ2n) is 11.3. The number of benzene rings is 1. The lowest BCUT2D eigenvalue weighted by atomic mass is 9.95. The van der Waals surface area contributed by atoms with Crippen LogP contribution in [0.1, 0.15) is 64.7 Å². The Morgan fingerprint density at radius 2 is 1.83 bits per heavy atom. The maximum Gasteiger partial charge on any atom is 0.459 e. The lowest BCUT2D eigenvalue weighted by Crippen LogP contribution is -2.49. The molecule has 5 rings (SSSR count). The number of esters is 3. The van der Waals surface area contributed by atoms with Crippen LogP contribution in [0.2, 0.25) is 0 Å². The number of aromatic nitrogens is 3. The van der Waals surface area contributed by atoms with E-state index in [9.17, 15) is 24.2 Å². The van der Waals surface area contributed by atoms with E-state index in [1.165, 1.54) is 29.9 Å². The number of nitrogens with two attached hydrogens (primary N) is 1. The number of carbonyl (C=O) groups excluding carboxylic acids is 3. The van der Waals surface area contributed by atoms with Crippen molar-refractivity contribution < 1.29 is 46.9 Å². The summed E-state index contributed by atoms with van der Waals surface area (Å²) in [5.41, 5.74) is 4.50. The zero-order valence-corrected chi connectivity index (χ0v) is 27.5. The van der Waals surface area contributed by atoms with E-state index >= 15 is 0 Å². The Morgan fingerprint density at radius 3 is 2.48 bits per heavy atom. The Labute approximate surface area is 276 Å². The lowest BCUT2D eigenvalue weighted by molar-refractivity contribution is -0.169. The molecule has 2 aromatic heterocycles. The van der Waals surface area contributed by atoms with Crippen molar-refractivity contribution in [1.29, 1.82) is 5.26 Å². The Hall–Kier alpha value is -4.55. The number of hydrogen-bond donors (Lipinski definition) is 2. The molecule has 0 amide bonds. The number of para-hydroxylation sites is 1. The molecule has 256 valence electrons. The topological polar surface area (TPSA) is 216 Å². The molecule has 2 aliphatic rings. The molecule has 16 nitrogen and oxygen atoms in total. The molecular formula is C31H37N6O10P. The van der Waals surface area contributed by atoms with Gasteiger partial charge in [0.05, 0.1) is 5.69 Å². The summed E-state index contributed by atoms with van der Waals surface area (Å²) < 4.78 is 50.6. The van der Waals surface area contributed by atoms with Crippen LogP contribution in [0, 0.1) is 11.3 Å². The number of nitrogens with zero attached hydrogens (tertiary/aromatic N) is 4. The number of anilines is 1. The summed E-state index contributed by atoms with van der Waals surface area (Å²) in [4.78, 5) is 42.3. The van der Waals surface area contributed by atoms with E-state index in [2.05, 4.69) is 15.2 Å². The van der Waals surface area contributed by atoms with Gasteiger partial charge >= 0.3 is 25.7 Å². The summed E-state index contributed by atoms with van der Waals surface area (Å²) in [6.45, 7) is 3.72. The fraction of sp³-hybridized carbons (Fsp3) is 0.484. The molecule has 0 radical (unpaired) electrons. The highest BCUT2D eigenvalue weighted by Gasteiger charge is 2.62. The maximum absolute atomic E-state index is 14.3. The van der Waals surface area contributed by atoms with Crippen LogP contribution in [0.15, 0.2) is 48.8 Å². The van der Waals surface area contributed by atoms with Gasteiger partial charge in [-0.15, -0.1) is 0 Å². The van der Waals surface area contributed by atoms with Gasteiger partial charge in [-0.25, -0.2) is 14.1 Å². The molecule has 3 N–H and O–H groups in total. The quantitative estimate of drug-likeness (QED) is 0.141. The molecule has 1 aromatic carbocycles. The monoisotopic (exact) mass is 684 g/mol. The van der Waals surface area contributed by atoms with Crippen LogP contribution >= 0.6 is 7.75 Å². The predicted molar refractivity (Wildman–Crippen MR) is 167 cm³/mol. The molecular weight excluding hydrogens is 647 g/mol. The van der Waals surface area contributed by atoms with Crippen LogP contribution in [0.4, 0.5) is 5.82 Å². The van der Waals surface area contributed by atoms with Crippen LogP contribution in [0.25, 0.3) is 5.52 Å². The molecule has 3 heterocycles. The number of carbonyl (C=O) groups is 3. The zero-order valence-electron chi connectivity index (χ0n) is 26.6. The molecule has 0 bridgehead atoms. The molecule has 1 aliphatic carbocycles. The van der Waals surface area contributed by atoms with Gasteiger partial charge in [0.1, 0.15) is 48.5 Å². The predicted octanol–water partition coefficient (Wildman–Crippen LogP) is 3.57. The number of rotatable bonds is 14. The largest absolute Gasteiger partial charge is 0.461 e. The Kier molecular flexibility index (Phi) is 10.6. The number of nitriles is 1. The fourth-order valence-electron chi connectivity index (χ4n) is 5.12. The first-order chi connectivity index (χ1) is 23.0. The highest BCUT2D eigenvalue weighted by Crippen LogP contribution is 2.50. The molecule has 1 saturated carbocycles. The van der Waals surface area contributed by atoms with Crippen LogP contribution in [-0.4, -0.2) is 69.1 Å². The molecule has 0 unspecified atom stereocenters. The first-order valence-electron chi connectivity index (χ1n) is 15.5. The summed E-state index contributed by atoms with van der Waals surface area (Å²) in [6, 6.07) is 12.1. The van der Waals surface area contributed by atoms with E-state index in [1.54, 1.807) is 44.2 Å². The SMILES string of the molecule is CCC(=O)O[C@H]1[C@H](c2ccc3c(N)ncnn23)O[C@](C#N)(CO[P@@](=O)(N[C@@H](C)C(=O)OC2CCC2)Oc2ccccc2)[C@H]1OC(=O)CC. The van der Waals surface area contributed by atoms with Crippen molar-refractivity contribution in [3.8, 4) is 11.8 Å². The number of fused-ring (bicyclic) bond motifs is 1. The molecule has 6 atom stereocenters. The van der Waals surface area contributed by atoms with Crippen molar-refractivity contribution in [2.45, 2.75) is 88.9 Å². The van der Waals surface area contributed by atoms with Crippen molar-refractivity contribution in [2.75, 3.05) is 12.3 Å². The zero-order chi connectivity index (χ0) is 34.5. The van der Waals surface area contributed by atoms with Crippen molar-refractivity contribution in [3.63, 3.8) is 0 Å². The molecule has 17 heteroatoms. The minimum absolute atomic E-state index is 0.0450. The second kappa shape index (κ2) is 14.7. The van der Waals surface area contributed by atoms with Gasteiger partial charge in [-0.1, -0.05) is 32.0 Å². The number of ether oxygens (including phenoxy) is 4. The van der Waals surface area contributed by atoms with Gasteiger partial charge in [-0.05, 0) is 50.5 Å². The second-order valence-corrected chi connectivity index (χ2v) is 13.0. The Bertz CT molecular complexity index is 1730. The van der Waals surface area contributed by atoms with E-state index < -0.39 is 62.2 Å². The van der Waals surface area contributed by atoms with Crippen LogP contribution in [0.3, 0.4) is 0 Å². The Balaban J connectivity index is 1.51. The minimum Gasteiger partial charge on any atom is -0.461 e. The van der Waals surface area contributed by atoms with Gasteiger partial charge in [0.25, 0.3) is 0 Å². The van der Waals surface area contributed by atoms with Crippen LogP contribution < -0.4 is 15.3 Å². The number of hydrogen-bond acceptors (Lipinski definition) is 14. The van der Waals surface area contributed by atoms with E-state index in [0.717, 1.165) is 19.3 Å². The smallest absolute Gasteiger partial charge is 0.459 e. The first kappa shape index (κ1) is 34.8. The van der Waals surface area contributed by atoms with Gasteiger partial charge in [0.15, 0.2) is 18.0 Å². The third-order valence-corrected chi connectivity index (χ3v) is 9.57. The van der Waals surface area contributed by atoms with Gasteiger partial charge in [-0.2, -0.15) is 15.4 Å². The van der Waals surface area contributed by atoms with Crippen molar-refractivity contribution in [3.05, 3.63) is 54.5 Å². The van der Waals surface area contributed by atoms with Crippen LogP contribution in [-0.2, 0) is 42.4 Å². The Morgan fingerprint density at radius 1 is 1.12 bits per heavy atom. The number of nitrogens with one attached hydrogen (secondary N) is 1. The summed E-state index contributed by atoms with van der Waals surface area (Å²) in [7, 11) is -4.51. The van der Waals surface area contributed by atoms with E-state index in [1.807, 2.05) is 6.07 Å². The molecule has 48 heavy (non-hydrogen) atoms. The van der Waals surface area contributed by atoms with Crippen molar-refractivity contribution >= 4 is 37.0 Å². The average Bonchev–Trinajstić information content (AvgIpc) is 3.62. The van der Waals surface area contributed by atoms with E-state index in [-0.39, 0.29) is 36.2 Å². The average molecular weight is 685 g/mol. The van der Waals surface area contributed by atoms with Gasteiger partial charge < -0.3 is 29.2 Å². The standard InChI is InChI=1S/C31H37N6O10P/c1-4-24(38)44-27-26(22-14-15-23-29(33)34-18-35-37(22)23)46-31(16-32,28(27)45-25(39)5-2)17-42-48(41,47-21-10-7-6-8-11-21)36-19(3)30(40)43-20-12-9-13-20/h6-8,10-11,14-15,18-20,26-28H,4-5,9,12-13,17H2,1-3H3,(H,36,41)(H2,33,34,35)/t19-,26-,27-,28-,31+,48-/m0/s1. The van der Waals surface area contributed by atoms with E-state index in [0.29, 0.717) is 5.52 Å². The highest BCUT2D eigenvalue weighted by molar-refractivity contribution is 7.52. The molecule has 3 aromatic rings. The number of nitrogen functional groups attached to an aromatic ring is 1. The highest BCUT2D eigenvalue weighted by atomic mass is 31.2. The summed E-state index contributed by atoms with van der Waals surface area (Å²) in [6.07, 6.45) is -0.975. The minimum atomic E-state index is -4.51. The molecule has 1 saturated heterocycles. The lowest BCUT2D eigenvalue weighted by Gasteiger charge is -2.31. The maximum atomic E-state index is 14.3. The fourth-order valence-corrected chi connectivity index (χ4v) is 6.64. The first-order valence-corrected chi connectivity index (χ1v) is 17.1. The summed E-state index contributed by atoms with van der Waals surface area (Å²) >= 11 is 0. The normalized spacial score (nSPS) is 24.1. The molecule has 0 spiro atoms. The van der Waals surface area contributed by atoms with Crippen molar-refractivity contribution in [1.82, 2.24) is 19.7 Å².